The van der Waals surface area contributed by atoms with Crippen LogP contribution in [0.1, 0.15) is 27.2 Å². The van der Waals surface area contributed by atoms with Crippen molar-refractivity contribution in [1.82, 2.24) is 4.98 Å². The van der Waals surface area contributed by atoms with Crippen molar-refractivity contribution in [1.29, 1.82) is 0 Å². The molecule has 2 rings (SSSR count). The molecular formula is C14H11F3N2O. The van der Waals surface area contributed by atoms with Gasteiger partial charge in [0, 0.05) is 11.8 Å². The van der Waals surface area contributed by atoms with Crippen molar-refractivity contribution in [2.75, 3.05) is 0 Å². The average Bonchev–Trinajstić information content (AvgIpc) is 2.38. The Kier molecular flexibility index (Phi) is 3.74. The molecule has 0 saturated carbocycles. The van der Waals surface area contributed by atoms with Gasteiger partial charge in [-0.05, 0) is 29.7 Å². The van der Waals surface area contributed by atoms with Crippen molar-refractivity contribution in [3.05, 3.63) is 65.0 Å². The van der Waals surface area contributed by atoms with Crippen molar-refractivity contribution in [3.8, 4) is 0 Å². The van der Waals surface area contributed by atoms with Gasteiger partial charge in [0.2, 0.25) is 5.91 Å². The number of rotatable bonds is 3. The number of carbonyl (C=O) groups excluding carboxylic acids is 1. The Morgan fingerprint density at radius 1 is 1.15 bits per heavy atom. The molecular weight excluding hydrogens is 269 g/mol. The number of alkyl halides is 3. The zero-order valence-electron chi connectivity index (χ0n) is 10.3. The first-order valence-corrected chi connectivity index (χ1v) is 5.78. The number of nitrogens with zero attached hydrogens (tertiary/aromatic N) is 1. The first-order valence-electron chi connectivity index (χ1n) is 5.78. The van der Waals surface area contributed by atoms with E-state index in [1.807, 2.05) is 0 Å². The average molecular weight is 280 g/mol. The van der Waals surface area contributed by atoms with Crippen LogP contribution >= 0.6 is 0 Å². The highest BCUT2D eigenvalue weighted by Crippen LogP contribution is 2.27. The minimum absolute atomic E-state index is 0.296. The topological polar surface area (TPSA) is 56.0 Å². The normalized spacial score (nSPS) is 11.3. The Balaban J connectivity index is 2.25. The summed E-state index contributed by atoms with van der Waals surface area (Å²) in [5.74, 6) is -0.569. The van der Waals surface area contributed by atoms with Gasteiger partial charge in [0.1, 0.15) is 5.69 Å². The summed E-state index contributed by atoms with van der Waals surface area (Å²) >= 11 is 0. The van der Waals surface area contributed by atoms with Crippen LogP contribution < -0.4 is 5.73 Å². The monoisotopic (exact) mass is 280 g/mol. The standard InChI is InChI=1S/C14H11F3N2O/c15-14(16,17)12-6-5-9(8-19-12)7-10-3-1-2-4-11(10)13(18)20/h1-6,8H,7H2,(H2,18,20). The number of carbonyl (C=O) groups is 1. The predicted molar refractivity (Wildman–Crippen MR) is 67.0 cm³/mol. The molecule has 1 aromatic heterocycles. The summed E-state index contributed by atoms with van der Waals surface area (Å²) in [6, 6.07) is 8.95. The number of primary amides is 1. The van der Waals surface area contributed by atoms with Crippen LogP contribution in [0.3, 0.4) is 0 Å². The van der Waals surface area contributed by atoms with Gasteiger partial charge in [0.15, 0.2) is 0 Å². The lowest BCUT2D eigenvalue weighted by Gasteiger charge is -2.08. The molecule has 0 fully saturated rings. The Morgan fingerprint density at radius 3 is 2.40 bits per heavy atom. The molecule has 0 spiro atoms. The second-order valence-electron chi connectivity index (χ2n) is 4.25. The van der Waals surface area contributed by atoms with E-state index in [4.69, 9.17) is 5.73 Å². The molecule has 0 atom stereocenters. The first kappa shape index (κ1) is 14.0. The maximum absolute atomic E-state index is 12.4. The van der Waals surface area contributed by atoms with Crippen LogP contribution in [-0.2, 0) is 12.6 Å². The van der Waals surface area contributed by atoms with Gasteiger partial charge in [-0.25, -0.2) is 0 Å². The fourth-order valence-electron chi connectivity index (χ4n) is 1.83. The molecule has 1 heterocycles. The fourth-order valence-corrected chi connectivity index (χ4v) is 1.83. The third kappa shape index (κ3) is 3.14. The third-order valence-corrected chi connectivity index (χ3v) is 2.79. The van der Waals surface area contributed by atoms with Crippen LogP contribution in [0.25, 0.3) is 0 Å². The van der Waals surface area contributed by atoms with Crippen LogP contribution in [0, 0.1) is 0 Å². The number of aromatic nitrogens is 1. The molecule has 3 nitrogen and oxygen atoms in total. The van der Waals surface area contributed by atoms with Crippen LogP contribution in [0.2, 0.25) is 0 Å². The first-order chi connectivity index (χ1) is 9.38. The molecule has 1 amide bonds. The summed E-state index contributed by atoms with van der Waals surface area (Å²) in [6.45, 7) is 0. The predicted octanol–water partition coefficient (Wildman–Crippen LogP) is 2.79. The number of amides is 1. The fraction of sp³-hybridized carbons (Fsp3) is 0.143. The summed E-state index contributed by atoms with van der Waals surface area (Å²) in [4.78, 5) is 14.6. The van der Waals surface area contributed by atoms with E-state index in [1.165, 1.54) is 6.07 Å². The van der Waals surface area contributed by atoms with Gasteiger partial charge >= 0.3 is 6.18 Å². The largest absolute Gasteiger partial charge is 0.433 e. The SMILES string of the molecule is NC(=O)c1ccccc1Cc1ccc(C(F)(F)F)nc1. The number of pyridine rings is 1. The van der Waals surface area contributed by atoms with E-state index in [2.05, 4.69) is 4.98 Å². The lowest BCUT2D eigenvalue weighted by Crippen LogP contribution is -2.14. The maximum atomic E-state index is 12.4. The molecule has 2 N–H and O–H groups in total. The molecule has 0 radical (unpaired) electrons. The highest BCUT2D eigenvalue weighted by Gasteiger charge is 2.31. The van der Waals surface area contributed by atoms with E-state index in [9.17, 15) is 18.0 Å². The zero-order valence-corrected chi connectivity index (χ0v) is 10.3. The van der Waals surface area contributed by atoms with Crippen LogP contribution in [0.5, 0.6) is 0 Å². The van der Waals surface area contributed by atoms with Crippen LogP contribution in [0.4, 0.5) is 13.2 Å². The minimum Gasteiger partial charge on any atom is -0.366 e. The molecule has 0 aliphatic rings. The summed E-state index contributed by atoms with van der Waals surface area (Å²) in [7, 11) is 0. The van der Waals surface area contributed by atoms with E-state index >= 15 is 0 Å². The number of hydrogen-bond donors (Lipinski definition) is 1. The molecule has 0 bridgehead atoms. The van der Waals surface area contributed by atoms with E-state index in [-0.39, 0.29) is 0 Å². The minimum atomic E-state index is -4.45. The molecule has 20 heavy (non-hydrogen) atoms. The van der Waals surface area contributed by atoms with E-state index in [0.29, 0.717) is 23.1 Å². The maximum Gasteiger partial charge on any atom is 0.433 e. The summed E-state index contributed by atoms with van der Waals surface area (Å²) < 4.78 is 37.2. The smallest absolute Gasteiger partial charge is 0.366 e. The highest BCUT2D eigenvalue weighted by atomic mass is 19.4. The second-order valence-corrected chi connectivity index (χ2v) is 4.25. The van der Waals surface area contributed by atoms with Gasteiger partial charge < -0.3 is 5.73 Å². The zero-order chi connectivity index (χ0) is 14.8. The Bertz CT molecular complexity index is 621. The van der Waals surface area contributed by atoms with Gasteiger partial charge in [-0.2, -0.15) is 13.2 Å². The molecule has 6 heteroatoms. The quantitative estimate of drug-likeness (QED) is 0.939. The van der Waals surface area contributed by atoms with Gasteiger partial charge in [-0.1, -0.05) is 24.3 Å². The molecule has 0 aliphatic heterocycles. The number of halogens is 3. The van der Waals surface area contributed by atoms with Crippen molar-refractivity contribution < 1.29 is 18.0 Å². The van der Waals surface area contributed by atoms with Gasteiger partial charge in [0.05, 0.1) is 0 Å². The van der Waals surface area contributed by atoms with Gasteiger partial charge in [-0.3, -0.25) is 9.78 Å². The van der Waals surface area contributed by atoms with Crippen LogP contribution in [0.15, 0.2) is 42.6 Å². The van der Waals surface area contributed by atoms with E-state index in [0.717, 1.165) is 12.3 Å². The summed E-state index contributed by atoms with van der Waals surface area (Å²) in [6.07, 6.45) is -3.01. The molecule has 1 aromatic carbocycles. The van der Waals surface area contributed by atoms with Crippen molar-refractivity contribution >= 4 is 5.91 Å². The Morgan fingerprint density at radius 2 is 1.85 bits per heavy atom. The lowest BCUT2D eigenvalue weighted by molar-refractivity contribution is -0.141. The molecule has 0 aliphatic carbocycles. The van der Waals surface area contributed by atoms with Gasteiger partial charge in [0.25, 0.3) is 0 Å². The summed E-state index contributed by atoms with van der Waals surface area (Å²) in [5.41, 5.74) is 5.89. The van der Waals surface area contributed by atoms with Gasteiger partial charge in [-0.15, -0.1) is 0 Å². The molecule has 0 unspecified atom stereocenters. The van der Waals surface area contributed by atoms with E-state index < -0.39 is 17.8 Å². The van der Waals surface area contributed by atoms with Crippen molar-refractivity contribution in [3.63, 3.8) is 0 Å². The van der Waals surface area contributed by atoms with Crippen molar-refractivity contribution in [2.45, 2.75) is 12.6 Å². The summed E-state index contributed by atoms with van der Waals surface area (Å²) in [5, 5.41) is 0. The lowest BCUT2D eigenvalue weighted by atomic mass is 10.0. The van der Waals surface area contributed by atoms with E-state index in [1.54, 1.807) is 24.3 Å². The molecule has 2 aromatic rings. The highest BCUT2D eigenvalue weighted by molar-refractivity contribution is 5.94. The Hall–Kier alpha value is -2.37. The second kappa shape index (κ2) is 5.32. The Labute approximate surface area is 113 Å². The van der Waals surface area contributed by atoms with Crippen LogP contribution in [-0.4, -0.2) is 10.9 Å². The third-order valence-electron chi connectivity index (χ3n) is 2.79. The molecule has 0 saturated heterocycles. The van der Waals surface area contributed by atoms with Crippen molar-refractivity contribution in [2.24, 2.45) is 5.73 Å². The number of hydrogen-bond acceptors (Lipinski definition) is 2. The number of benzene rings is 1. The number of nitrogens with two attached hydrogens (primary N) is 1. The molecule has 104 valence electrons.